The highest BCUT2D eigenvalue weighted by molar-refractivity contribution is 5.32. The summed E-state index contributed by atoms with van der Waals surface area (Å²) in [6.07, 6.45) is 10.9. The van der Waals surface area contributed by atoms with Gasteiger partial charge in [-0.2, -0.15) is 0 Å². The van der Waals surface area contributed by atoms with E-state index < -0.39 is 0 Å². The molecule has 0 radical (unpaired) electrons. The summed E-state index contributed by atoms with van der Waals surface area (Å²) < 4.78 is 0. The Morgan fingerprint density at radius 2 is 1.89 bits per heavy atom. The molecule has 2 fully saturated rings. The van der Waals surface area contributed by atoms with E-state index in [2.05, 4.69) is 39.5 Å². The van der Waals surface area contributed by atoms with E-state index in [0.29, 0.717) is 12.0 Å². The van der Waals surface area contributed by atoms with Crippen molar-refractivity contribution in [3.63, 3.8) is 0 Å². The molecule has 19 heavy (non-hydrogen) atoms. The molecule has 2 aliphatic rings. The fraction of sp³-hybridized carbons (Fsp3) is 0.733. The molecule has 0 spiro atoms. The Morgan fingerprint density at radius 1 is 1.16 bits per heavy atom. The Hall–Kier alpha value is -1.16. The molecule has 1 unspecified atom stereocenters. The van der Waals surface area contributed by atoms with Gasteiger partial charge in [0.15, 0.2) is 0 Å². The molecule has 3 rings (SSSR count). The number of nitrogens with zero attached hydrogens (tertiary/aromatic N) is 3. The van der Waals surface area contributed by atoms with Crippen LogP contribution in [0, 0.1) is 0 Å². The third-order valence-corrected chi connectivity index (χ3v) is 4.39. The number of hydrogen-bond donors (Lipinski definition) is 1. The average molecular weight is 260 g/mol. The monoisotopic (exact) mass is 260 g/mol. The Kier molecular flexibility index (Phi) is 3.97. The quantitative estimate of drug-likeness (QED) is 0.886. The zero-order chi connectivity index (χ0) is 13.1. The summed E-state index contributed by atoms with van der Waals surface area (Å²) in [5.74, 6) is 1.60. The molecule has 1 saturated heterocycles. The Bertz CT molecular complexity index is 397. The maximum Gasteiger partial charge on any atom is 0.225 e. The summed E-state index contributed by atoms with van der Waals surface area (Å²) >= 11 is 0. The highest BCUT2D eigenvalue weighted by Gasteiger charge is 2.19. The second-order valence-electron chi connectivity index (χ2n) is 5.95. The summed E-state index contributed by atoms with van der Waals surface area (Å²) in [5, 5.41) is 3.45. The van der Waals surface area contributed by atoms with Crippen molar-refractivity contribution in [1.29, 1.82) is 0 Å². The lowest BCUT2D eigenvalue weighted by atomic mass is 9.85. The molecule has 1 aromatic heterocycles. The van der Waals surface area contributed by atoms with E-state index in [1.54, 1.807) is 0 Å². The smallest absolute Gasteiger partial charge is 0.225 e. The van der Waals surface area contributed by atoms with Crippen molar-refractivity contribution in [1.82, 2.24) is 15.3 Å². The third kappa shape index (κ3) is 3.06. The molecular formula is C15H24N4. The van der Waals surface area contributed by atoms with E-state index in [0.717, 1.165) is 25.6 Å². The highest BCUT2D eigenvalue weighted by atomic mass is 15.3. The topological polar surface area (TPSA) is 41.1 Å². The standard InChI is InChI=1S/C15H24N4/c1-12-11-19(8-7-16-12)15-17-9-14(10-18-15)13-5-3-2-4-6-13/h9-10,12-13,16H,2-8,11H2,1H3. The predicted octanol–water partition coefficient (Wildman–Crippen LogP) is 2.32. The predicted molar refractivity (Wildman–Crippen MR) is 77.5 cm³/mol. The van der Waals surface area contributed by atoms with Crippen LogP contribution in [0.5, 0.6) is 0 Å². The lowest BCUT2D eigenvalue weighted by Gasteiger charge is -2.32. The molecule has 1 saturated carbocycles. The second-order valence-corrected chi connectivity index (χ2v) is 5.95. The number of aromatic nitrogens is 2. The van der Waals surface area contributed by atoms with Gasteiger partial charge in [0.1, 0.15) is 0 Å². The second kappa shape index (κ2) is 5.87. The maximum absolute atomic E-state index is 4.60. The molecule has 0 amide bonds. The first-order chi connectivity index (χ1) is 9.33. The third-order valence-electron chi connectivity index (χ3n) is 4.39. The van der Waals surface area contributed by atoms with Crippen molar-refractivity contribution in [2.75, 3.05) is 24.5 Å². The van der Waals surface area contributed by atoms with Crippen LogP contribution in [0.3, 0.4) is 0 Å². The van der Waals surface area contributed by atoms with Crippen molar-refractivity contribution in [3.05, 3.63) is 18.0 Å². The van der Waals surface area contributed by atoms with Crippen LogP contribution < -0.4 is 10.2 Å². The molecular weight excluding hydrogens is 236 g/mol. The minimum Gasteiger partial charge on any atom is -0.338 e. The van der Waals surface area contributed by atoms with Crippen LogP contribution in [0.4, 0.5) is 5.95 Å². The maximum atomic E-state index is 4.60. The fourth-order valence-corrected chi connectivity index (χ4v) is 3.26. The Balaban J connectivity index is 1.67. The first-order valence-corrected chi connectivity index (χ1v) is 7.63. The lowest BCUT2D eigenvalue weighted by Crippen LogP contribution is -2.49. The Morgan fingerprint density at radius 3 is 2.58 bits per heavy atom. The summed E-state index contributed by atoms with van der Waals surface area (Å²) in [5.41, 5.74) is 1.34. The van der Waals surface area contributed by atoms with Crippen molar-refractivity contribution in [2.45, 2.75) is 51.0 Å². The van der Waals surface area contributed by atoms with Crippen molar-refractivity contribution in [2.24, 2.45) is 0 Å². The van der Waals surface area contributed by atoms with Crippen molar-refractivity contribution < 1.29 is 0 Å². The van der Waals surface area contributed by atoms with Crippen LogP contribution >= 0.6 is 0 Å². The zero-order valence-corrected chi connectivity index (χ0v) is 11.8. The van der Waals surface area contributed by atoms with Gasteiger partial charge >= 0.3 is 0 Å². The molecule has 1 aliphatic carbocycles. The molecule has 1 aliphatic heterocycles. The van der Waals surface area contributed by atoms with E-state index in [1.165, 1.54) is 37.7 Å². The van der Waals surface area contributed by atoms with E-state index >= 15 is 0 Å². The summed E-state index contributed by atoms with van der Waals surface area (Å²) in [6.45, 7) is 5.24. The molecule has 1 atom stereocenters. The van der Waals surface area contributed by atoms with Gasteiger partial charge in [-0.3, -0.25) is 0 Å². The summed E-state index contributed by atoms with van der Waals surface area (Å²) in [6, 6.07) is 0.523. The number of piperazine rings is 1. The molecule has 2 heterocycles. The van der Waals surface area contributed by atoms with E-state index in [-0.39, 0.29) is 0 Å². The van der Waals surface area contributed by atoms with Gasteiger partial charge in [-0.25, -0.2) is 9.97 Å². The molecule has 1 N–H and O–H groups in total. The van der Waals surface area contributed by atoms with Crippen LogP contribution in [0.15, 0.2) is 12.4 Å². The van der Waals surface area contributed by atoms with Gasteiger partial charge in [0, 0.05) is 38.1 Å². The number of anilines is 1. The van der Waals surface area contributed by atoms with Crippen molar-refractivity contribution in [3.8, 4) is 0 Å². The highest BCUT2D eigenvalue weighted by Crippen LogP contribution is 2.32. The largest absolute Gasteiger partial charge is 0.338 e. The molecule has 4 heteroatoms. The van der Waals surface area contributed by atoms with E-state index in [4.69, 9.17) is 0 Å². The minimum absolute atomic E-state index is 0.523. The molecule has 1 aromatic rings. The van der Waals surface area contributed by atoms with Crippen LogP contribution in [-0.4, -0.2) is 35.6 Å². The molecule has 0 aromatic carbocycles. The van der Waals surface area contributed by atoms with E-state index in [9.17, 15) is 0 Å². The van der Waals surface area contributed by atoms with Crippen LogP contribution in [0.2, 0.25) is 0 Å². The summed E-state index contributed by atoms with van der Waals surface area (Å²) in [7, 11) is 0. The van der Waals surface area contributed by atoms with Crippen LogP contribution in [-0.2, 0) is 0 Å². The number of nitrogens with one attached hydrogen (secondary N) is 1. The molecule has 4 nitrogen and oxygen atoms in total. The van der Waals surface area contributed by atoms with Gasteiger partial charge in [0.25, 0.3) is 0 Å². The molecule has 104 valence electrons. The van der Waals surface area contributed by atoms with E-state index in [1.807, 2.05) is 0 Å². The summed E-state index contributed by atoms with van der Waals surface area (Å²) in [4.78, 5) is 11.5. The zero-order valence-electron chi connectivity index (χ0n) is 11.8. The SMILES string of the molecule is CC1CN(c2ncc(C3CCCCC3)cn2)CCN1. The lowest BCUT2D eigenvalue weighted by molar-refractivity contribution is 0.441. The van der Waals surface area contributed by atoms with Gasteiger partial charge in [-0.1, -0.05) is 19.3 Å². The van der Waals surface area contributed by atoms with Gasteiger partial charge in [-0.05, 0) is 31.2 Å². The average Bonchev–Trinajstić information content (AvgIpc) is 2.48. The first-order valence-electron chi connectivity index (χ1n) is 7.63. The van der Waals surface area contributed by atoms with Crippen LogP contribution in [0.1, 0.15) is 50.5 Å². The first kappa shape index (κ1) is 12.9. The number of rotatable bonds is 2. The van der Waals surface area contributed by atoms with Crippen LogP contribution in [0.25, 0.3) is 0 Å². The fourth-order valence-electron chi connectivity index (χ4n) is 3.26. The van der Waals surface area contributed by atoms with Crippen molar-refractivity contribution >= 4 is 5.95 Å². The van der Waals surface area contributed by atoms with Gasteiger partial charge in [-0.15, -0.1) is 0 Å². The Labute approximate surface area is 115 Å². The molecule has 0 bridgehead atoms. The number of hydrogen-bond acceptors (Lipinski definition) is 4. The van der Waals surface area contributed by atoms with Gasteiger partial charge in [0.2, 0.25) is 5.95 Å². The minimum atomic E-state index is 0.523. The van der Waals surface area contributed by atoms with Gasteiger partial charge in [0.05, 0.1) is 0 Å². The normalized spacial score (nSPS) is 25.5. The van der Waals surface area contributed by atoms with Gasteiger partial charge < -0.3 is 10.2 Å².